The normalized spacial score (nSPS) is 29.9. The molecule has 0 N–H and O–H groups in total. The van der Waals surface area contributed by atoms with Crippen LogP contribution in [0.15, 0.2) is 0 Å². The first kappa shape index (κ1) is 57.8. The Balaban J connectivity index is 0.000000427. The molecular formula is C48H80O16. The van der Waals surface area contributed by atoms with Gasteiger partial charge in [-0.25, -0.2) is 19.2 Å². The summed E-state index contributed by atoms with van der Waals surface area (Å²) in [6, 6.07) is 0. The molecule has 64 heavy (non-hydrogen) atoms. The minimum Gasteiger partial charge on any atom is -0.460 e. The lowest BCUT2D eigenvalue weighted by atomic mass is 9.89. The number of hydrogen-bond donors (Lipinski definition) is 0. The first-order valence-electron chi connectivity index (χ1n) is 22.6. The molecular weight excluding hydrogens is 833 g/mol. The molecule has 8 unspecified atom stereocenters. The standard InChI is InChI=1S/C13H22O4.2C12H20O4.C11H18O4/c1-7-11(2,3)9(14)17-13(6)8-12(4,5)16-10(13)15;1-6-11(3,4)9(13)16-12(5)7-8(2)15-10(12)14;1-6-8(2)9(13)15-12(5)7-11(3,4)16-10(12)14;1-5-7(2)9(12)15-11(4)6-8(3)14-10(11)13/h7-8H2,1-6H3;2*8H,6-7H2,1-5H3;7-8H,5-6H2,1-4H3. The second-order valence-corrected chi connectivity index (χ2v) is 21.1. The molecule has 0 aliphatic carbocycles. The van der Waals surface area contributed by atoms with Crippen molar-refractivity contribution in [3.63, 3.8) is 0 Å². The highest BCUT2D eigenvalue weighted by atomic mass is 16.6. The van der Waals surface area contributed by atoms with Gasteiger partial charge in [0.2, 0.25) is 22.4 Å². The van der Waals surface area contributed by atoms with Crippen LogP contribution in [-0.4, -0.2) is 93.6 Å². The van der Waals surface area contributed by atoms with Gasteiger partial charge >= 0.3 is 47.8 Å². The zero-order chi connectivity index (χ0) is 50.2. The van der Waals surface area contributed by atoms with E-state index in [4.69, 9.17) is 37.9 Å². The van der Waals surface area contributed by atoms with E-state index in [1.165, 1.54) is 0 Å². The lowest BCUT2D eigenvalue weighted by Gasteiger charge is -2.27. The number of esters is 8. The Kier molecular flexibility index (Phi) is 19.3. The van der Waals surface area contributed by atoms with Crippen LogP contribution >= 0.6 is 0 Å². The fourth-order valence-electron chi connectivity index (χ4n) is 6.80. The van der Waals surface area contributed by atoms with Crippen molar-refractivity contribution in [2.45, 2.75) is 236 Å². The second kappa shape index (κ2) is 21.4. The summed E-state index contributed by atoms with van der Waals surface area (Å²) >= 11 is 0. The van der Waals surface area contributed by atoms with Gasteiger partial charge in [0, 0.05) is 25.7 Å². The molecule has 0 bridgehead atoms. The Morgan fingerprint density at radius 3 is 1.06 bits per heavy atom. The fraction of sp³-hybridized carbons (Fsp3) is 0.833. The molecule has 4 saturated heterocycles. The minimum absolute atomic E-state index is 0.174. The Morgan fingerprint density at radius 2 is 0.812 bits per heavy atom. The third-order valence-corrected chi connectivity index (χ3v) is 12.2. The monoisotopic (exact) mass is 913 g/mol. The first-order valence-corrected chi connectivity index (χ1v) is 22.6. The van der Waals surface area contributed by atoms with Gasteiger partial charge in [0.25, 0.3) is 0 Å². The zero-order valence-corrected chi connectivity index (χ0v) is 42.5. The topological polar surface area (TPSA) is 210 Å². The summed E-state index contributed by atoms with van der Waals surface area (Å²) in [6.45, 7) is 35.8. The quantitative estimate of drug-likeness (QED) is 0.133. The van der Waals surface area contributed by atoms with Crippen LogP contribution in [0.2, 0.25) is 0 Å². The van der Waals surface area contributed by atoms with Crippen LogP contribution in [0.4, 0.5) is 0 Å². The maximum absolute atomic E-state index is 12.0. The highest BCUT2D eigenvalue weighted by Crippen LogP contribution is 2.39. The van der Waals surface area contributed by atoms with E-state index in [2.05, 4.69) is 0 Å². The molecule has 4 rings (SSSR count). The molecule has 8 atom stereocenters. The van der Waals surface area contributed by atoms with Crippen molar-refractivity contribution < 1.29 is 76.3 Å². The molecule has 0 spiro atoms. The van der Waals surface area contributed by atoms with Gasteiger partial charge in [-0.15, -0.1) is 0 Å². The number of carbonyl (C=O) groups excluding carboxylic acids is 8. The van der Waals surface area contributed by atoms with Gasteiger partial charge < -0.3 is 37.9 Å². The fourth-order valence-corrected chi connectivity index (χ4v) is 6.80. The van der Waals surface area contributed by atoms with Gasteiger partial charge in [-0.2, -0.15) is 0 Å². The summed E-state index contributed by atoms with van der Waals surface area (Å²) in [5, 5.41) is 0. The molecule has 4 aliphatic rings. The van der Waals surface area contributed by atoms with Crippen molar-refractivity contribution >= 4 is 47.8 Å². The maximum atomic E-state index is 12.0. The Bertz CT molecular complexity index is 1730. The van der Waals surface area contributed by atoms with Crippen molar-refractivity contribution in [1.82, 2.24) is 0 Å². The molecule has 4 fully saturated rings. The Labute approximate surface area is 381 Å². The lowest BCUT2D eigenvalue weighted by Crippen LogP contribution is -2.41. The predicted octanol–water partition coefficient (Wildman–Crippen LogP) is 8.24. The van der Waals surface area contributed by atoms with Crippen LogP contribution in [0.5, 0.6) is 0 Å². The van der Waals surface area contributed by atoms with E-state index in [0.717, 1.165) is 0 Å². The molecule has 16 nitrogen and oxygen atoms in total. The van der Waals surface area contributed by atoms with Gasteiger partial charge in [-0.3, -0.25) is 19.2 Å². The van der Waals surface area contributed by atoms with Gasteiger partial charge in [0.15, 0.2) is 0 Å². The van der Waals surface area contributed by atoms with Crippen LogP contribution in [-0.2, 0) is 76.3 Å². The average molecular weight is 913 g/mol. The number of carbonyl (C=O) groups is 8. The van der Waals surface area contributed by atoms with Crippen molar-refractivity contribution in [3.05, 3.63) is 0 Å². The molecule has 0 aromatic carbocycles. The molecule has 0 amide bonds. The maximum Gasteiger partial charge on any atom is 0.351 e. The predicted molar refractivity (Wildman–Crippen MR) is 235 cm³/mol. The second-order valence-electron chi connectivity index (χ2n) is 21.1. The van der Waals surface area contributed by atoms with Crippen molar-refractivity contribution in [2.24, 2.45) is 22.7 Å². The van der Waals surface area contributed by atoms with Gasteiger partial charge in [-0.05, 0) is 123 Å². The molecule has 4 heterocycles. The van der Waals surface area contributed by atoms with Crippen LogP contribution in [0.1, 0.15) is 190 Å². The van der Waals surface area contributed by atoms with E-state index in [9.17, 15) is 38.4 Å². The van der Waals surface area contributed by atoms with E-state index >= 15 is 0 Å². The van der Waals surface area contributed by atoms with Gasteiger partial charge in [0.05, 0.1) is 22.7 Å². The van der Waals surface area contributed by atoms with E-state index in [-0.39, 0.29) is 47.9 Å². The molecule has 0 aromatic heterocycles. The average Bonchev–Trinajstić information content (AvgIpc) is 3.73. The smallest absolute Gasteiger partial charge is 0.351 e. The van der Waals surface area contributed by atoms with Crippen molar-refractivity contribution in [1.29, 1.82) is 0 Å². The number of cyclic esters (lactones) is 4. The highest BCUT2D eigenvalue weighted by Gasteiger charge is 2.55. The third kappa shape index (κ3) is 15.4. The van der Waals surface area contributed by atoms with E-state index in [1.807, 2.05) is 83.1 Å². The third-order valence-electron chi connectivity index (χ3n) is 12.2. The molecule has 368 valence electrons. The molecule has 0 saturated carbocycles. The van der Waals surface area contributed by atoms with Crippen LogP contribution in [0.3, 0.4) is 0 Å². The van der Waals surface area contributed by atoms with E-state index in [1.54, 1.807) is 55.4 Å². The van der Waals surface area contributed by atoms with Crippen LogP contribution in [0, 0.1) is 22.7 Å². The van der Waals surface area contributed by atoms with Crippen molar-refractivity contribution in [3.8, 4) is 0 Å². The summed E-state index contributed by atoms with van der Waals surface area (Å²) in [7, 11) is 0. The molecule has 0 radical (unpaired) electrons. The SMILES string of the molecule is CCC(C)(C)C(=O)OC1(C)CC(C)(C)OC1=O.CCC(C)(C)C(=O)OC1(C)CC(C)OC1=O.CCC(C)C(=O)OC1(C)CC(C)(C)OC1=O.CCC(C)C(=O)OC1(C)CC(C)OC1=O. The van der Waals surface area contributed by atoms with E-state index < -0.39 is 68.3 Å². The minimum atomic E-state index is -1.15. The van der Waals surface area contributed by atoms with Crippen LogP contribution < -0.4 is 0 Å². The van der Waals surface area contributed by atoms with Gasteiger partial charge in [-0.1, -0.05) is 41.5 Å². The number of hydrogen-bond acceptors (Lipinski definition) is 16. The highest BCUT2D eigenvalue weighted by molar-refractivity contribution is 5.88. The summed E-state index contributed by atoms with van der Waals surface area (Å²) in [4.78, 5) is 93.5. The number of ether oxygens (including phenoxy) is 8. The molecule has 16 heteroatoms. The Hall–Kier alpha value is -4.24. The summed E-state index contributed by atoms with van der Waals surface area (Å²) in [5.74, 6) is -3.51. The van der Waals surface area contributed by atoms with Crippen molar-refractivity contribution in [2.75, 3.05) is 0 Å². The Morgan fingerprint density at radius 1 is 0.531 bits per heavy atom. The lowest BCUT2D eigenvalue weighted by molar-refractivity contribution is -0.178. The molecule has 4 aliphatic heterocycles. The summed E-state index contributed by atoms with van der Waals surface area (Å²) in [6.07, 6.45) is 4.05. The number of rotatable bonds is 12. The largest absolute Gasteiger partial charge is 0.460 e. The summed E-state index contributed by atoms with van der Waals surface area (Å²) in [5.41, 5.74) is -6.71. The molecule has 0 aromatic rings. The van der Waals surface area contributed by atoms with Gasteiger partial charge in [0.1, 0.15) is 23.4 Å². The van der Waals surface area contributed by atoms with E-state index in [0.29, 0.717) is 51.4 Å². The zero-order valence-electron chi connectivity index (χ0n) is 42.5. The van der Waals surface area contributed by atoms with Crippen LogP contribution in [0.25, 0.3) is 0 Å². The summed E-state index contributed by atoms with van der Waals surface area (Å²) < 4.78 is 41.6. The first-order chi connectivity index (χ1) is 28.8.